The van der Waals surface area contributed by atoms with Crippen molar-refractivity contribution in [2.24, 2.45) is 17.0 Å². The number of nitrogens with zero attached hydrogens (tertiary/aromatic N) is 2. The molecule has 1 aliphatic rings. The predicted octanol–water partition coefficient (Wildman–Crippen LogP) is 1.99. The van der Waals surface area contributed by atoms with Gasteiger partial charge in [0.15, 0.2) is 0 Å². The van der Waals surface area contributed by atoms with Crippen LogP contribution in [0, 0.1) is 11.8 Å². The van der Waals surface area contributed by atoms with E-state index in [9.17, 15) is 0 Å². The van der Waals surface area contributed by atoms with Gasteiger partial charge in [-0.3, -0.25) is 4.90 Å². The van der Waals surface area contributed by atoms with E-state index in [1.807, 2.05) is 0 Å². The topological polar surface area (TPSA) is 24.8 Å². The molecule has 0 aromatic carbocycles. The first-order valence-electron chi connectivity index (χ1n) is 5.40. The normalized spacial score (nSPS) is 26.8. The molecule has 3 nitrogen and oxygen atoms in total. The van der Waals surface area contributed by atoms with Crippen molar-refractivity contribution < 1.29 is 4.84 Å². The monoisotopic (exact) mass is 198 g/mol. The third-order valence-electron chi connectivity index (χ3n) is 2.97. The lowest BCUT2D eigenvalue weighted by molar-refractivity contribution is 0.210. The fraction of sp³-hybridized carbons (Fsp3) is 0.909. The van der Waals surface area contributed by atoms with Crippen LogP contribution in [0.15, 0.2) is 5.16 Å². The minimum atomic E-state index is 0.567. The van der Waals surface area contributed by atoms with E-state index in [1.54, 1.807) is 7.11 Å². The molecule has 1 rings (SSSR count). The van der Waals surface area contributed by atoms with E-state index in [-0.39, 0.29) is 0 Å². The molecular weight excluding hydrogens is 176 g/mol. The van der Waals surface area contributed by atoms with Crippen LogP contribution in [0.1, 0.15) is 27.7 Å². The molecule has 0 aromatic heterocycles. The Labute approximate surface area is 87.1 Å². The van der Waals surface area contributed by atoms with Gasteiger partial charge in [0, 0.05) is 25.0 Å². The van der Waals surface area contributed by atoms with Gasteiger partial charge in [0.1, 0.15) is 7.11 Å². The zero-order valence-corrected chi connectivity index (χ0v) is 9.95. The third-order valence-corrected chi connectivity index (χ3v) is 2.97. The van der Waals surface area contributed by atoms with Crippen molar-refractivity contribution in [3.8, 4) is 0 Å². The highest BCUT2D eigenvalue weighted by atomic mass is 16.6. The molecule has 0 saturated carbocycles. The molecule has 1 unspecified atom stereocenters. The molecule has 1 heterocycles. The largest absolute Gasteiger partial charge is 0.399 e. The SMILES string of the molecule is CO/N=C1\CN(C(C)C)CC1C(C)C. The molecule has 0 N–H and O–H groups in total. The fourth-order valence-electron chi connectivity index (χ4n) is 1.95. The first-order valence-corrected chi connectivity index (χ1v) is 5.40. The van der Waals surface area contributed by atoms with Crippen molar-refractivity contribution in [3.63, 3.8) is 0 Å². The van der Waals surface area contributed by atoms with Gasteiger partial charge in [-0.2, -0.15) is 0 Å². The average molecular weight is 198 g/mol. The maximum atomic E-state index is 4.90. The van der Waals surface area contributed by atoms with Crippen LogP contribution in [0.3, 0.4) is 0 Å². The second-order valence-electron chi connectivity index (χ2n) is 4.64. The smallest absolute Gasteiger partial charge is 0.106 e. The second-order valence-corrected chi connectivity index (χ2v) is 4.64. The summed E-state index contributed by atoms with van der Waals surface area (Å²) in [4.78, 5) is 7.34. The van der Waals surface area contributed by atoms with E-state index >= 15 is 0 Å². The molecule has 0 spiro atoms. The summed E-state index contributed by atoms with van der Waals surface area (Å²) >= 11 is 0. The number of hydrogen-bond acceptors (Lipinski definition) is 3. The lowest BCUT2D eigenvalue weighted by Gasteiger charge is -2.20. The van der Waals surface area contributed by atoms with Crippen molar-refractivity contribution in [2.45, 2.75) is 33.7 Å². The number of oxime groups is 1. The van der Waals surface area contributed by atoms with Gasteiger partial charge < -0.3 is 4.84 Å². The highest BCUT2D eigenvalue weighted by Crippen LogP contribution is 2.23. The number of rotatable bonds is 3. The Morgan fingerprint density at radius 2 is 2.00 bits per heavy atom. The summed E-state index contributed by atoms with van der Waals surface area (Å²) in [7, 11) is 1.63. The first-order chi connectivity index (χ1) is 6.56. The Morgan fingerprint density at radius 3 is 2.43 bits per heavy atom. The molecule has 0 aromatic rings. The highest BCUT2D eigenvalue weighted by Gasteiger charge is 2.32. The predicted molar refractivity (Wildman–Crippen MR) is 59.5 cm³/mol. The van der Waals surface area contributed by atoms with Gasteiger partial charge in [-0.05, 0) is 19.8 Å². The Morgan fingerprint density at radius 1 is 1.36 bits per heavy atom. The Balaban J connectivity index is 2.70. The van der Waals surface area contributed by atoms with Crippen LogP contribution in [-0.4, -0.2) is 36.9 Å². The molecule has 14 heavy (non-hydrogen) atoms. The summed E-state index contributed by atoms with van der Waals surface area (Å²) in [5.41, 5.74) is 1.20. The number of likely N-dealkylation sites (tertiary alicyclic amines) is 1. The summed E-state index contributed by atoms with van der Waals surface area (Å²) in [6.45, 7) is 11.0. The molecule has 0 bridgehead atoms. The summed E-state index contributed by atoms with van der Waals surface area (Å²) in [6.07, 6.45) is 0. The molecule has 3 heteroatoms. The van der Waals surface area contributed by atoms with E-state index < -0.39 is 0 Å². The maximum Gasteiger partial charge on any atom is 0.106 e. The third kappa shape index (κ3) is 2.47. The van der Waals surface area contributed by atoms with E-state index in [0.29, 0.717) is 17.9 Å². The quantitative estimate of drug-likeness (QED) is 0.648. The Hall–Kier alpha value is -0.570. The summed E-state index contributed by atoms with van der Waals surface area (Å²) < 4.78 is 0. The van der Waals surface area contributed by atoms with E-state index in [2.05, 4.69) is 37.8 Å². The highest BCUT2D eigenvalue weighted by molar-refractivity contribution is 5.90. The summed E-state index contributed by atoms with van der Waals surface area (Å²) in [5.74, 6) is 1.21. The van der Waals surface area contributed by atoms with Gasteiger partial charge in [0.2, 0.25) is 0 Å². The van der Waals surface area contributed by atoms with Crippen LogP contribution in [-0.2, 0) is 4.84 Å². The average Bonchev–Trinajstić information content (AvgIpc) is 2.49. The van der Waals surface area contributed by atoms with Gasteiger partial charge in [0.25, 0.3) is 0 Å². The lowest BCUT2D eigenvalue weighted by atomic mass is 9.94. The van der Waals surface area contributed by atoms with Gasteiger partial charge in [-0.25, -0.2) is 0 Å². The molecule has 1 fully saturated rings. The van der Waals surface area contributed by atoms with Crippen molar-refractivity contribution >= 4 is 5.71 Å². The summed E-state index contributed by atoms with van der Waals surface area (Å²) in [6, 6.07) is 0.598. The molecule has 0 amide bonds. The Bertz CT molecular complexity index is 211. The van der Waals surface area contributed by atoms with Crippen LogP contribution in [0.4, 0.5) is 0 Å². The van der Waals surface area contributed by atoms with Crippen LogP contribution >= 0.6 is 0 Å². The van der Waals surface area contributed by atoms with Crippen molar-refractivity contribution in [3.05, 3.63) is 0 Å². The van der Waals surface area contributed by atoms with Crippen molar-refractivity contribution in [1.82, 2.24) is 4.90 Å². The van der Waals surface area contributed by atoms with Crippen molar-refractivity contribution in [1.29, 1.82) is 0 Å². The number of hydrogen-bond donors (Lipinski definition) is 0. The van der Waals surface area contributed by atoms with E-state index in [4.69, 9.17) is 4.84 Å². The van der Waals surface area contributed by atoms with Gasteiger partial charge in [-0.15, -0.1) is 0 Å². The first kappa shape index (κ1) is 11.5. The molecular formula is C11H22N2O. The standard InChI is InChI=1S/C11H22N2O/c1-8(2)10-6-13(9(3)4)7-11(10)12-14-5/h8-10H,6-7H2,1-5H3/b12-11+. The van der Waals surface area contributed by atoms with Crippen LogP contribution in [0.2, 0.25) is 0 Å². The van der Waals surface area contributed by atoms with Crippen LogP contribution in [0.5, 0.6) is 0 Å². The van der Waals surface area contributed by atoms with Gasteiger partial charge >= 0.3 is 0 Å². The molecule has 1 atom stereocenters. The Kier molecular flexibility index (Phi) is 3.93. The van der Waals surface area contributed by atoms with Crippen molar-refractivity contribution in [2.75, 3.05) is 20.2 Å². The zero-order chi connectivity index (χ0) is 10.7. The minimum absolute atomic E-state index is 0.567. The maximum absolute atomic E-state index is 4.90. The molecule has 82 valence electrons. The molecule has 1 saturated heterocycles. The van der Waals surface area contributed by atoms with E-state index in [1.165, 1.54) is 5.71 Å². The minimum Gasteiger partial charge on any atom is -0.399 e. The second kappa shape index (κ2) is 4.78. The summed E-state index contributed by atoms with van der Waals surface area (Å²) in [5, 5.41) is 4.13. The molecule has 0 aliphatic carbocycles. The lowest BCUT2D eigenvalue weighted by Crippen LogP contribution is -2.29. The van der Waals surface area contributed by atoms with Crippen LogP contribution in [0.25, 0.3) is 0 Å². The zero-order valence-electron chi connectivity index (χ0n) is 9.95. The molecule has 1 aliphatic heterocycles. The van der Waals surface area contributed by atoms with Gasteiger partial charge in [-0.1, -0.05) is 19.0 Å². The fourth-order valence-corrected chi connectivity index (χ4v) is 1.95. The molecule has 0 radical (unpaired) electrons. The van der Waals surface area contributed by atoms with E-state index in [0.717, 1.165) is 13.1 Å². The van der Waals surface area contributed by atoms with Gasteiger partial charge in [0.05, 0.1) is 5.71 Å². The van der Waals surface area contributed by atoms with Crippen LogP contribution < -0.4 is 0 Å².